The molecule has 0 fully saturated rings. The molecule has 0 radical (unpaired) electrons. The summed E-state index contributed by atoms with van der Waals surface area (Å²) in [7, 11) is 1.98. The highest BCUT2D eigenvalue weighted by atomic mass is 32.1. The minimum Gasteiger partial charge on any atom is -0.271 e. The minimum atomic E-state index is 0.122. The number of hydrogen-bond donors (Lipinski definition) is 0. The largest absolute Gasteiger partial charge is 0.271 e. The second-order valence-corrected chi connectivity index (χ2v) is 5.52. The molecular formula is C11H15N3S. The average Bonchev–Trinajstić information content (AvgIpc) is 2.68. The van der Waals surface area contributed by atoms with Crippen LogP contribution in [0.5, 0.6) is 0 Å². The third kappa shape index (κ3) is 1.95. The number of aryl methyl sites for hydroxylation is 1. The first-order valence-electron chi connectivity index (χ1n) is 4.93. The summed E-state index contributed by atoms with van der Waals surface area (Å²) < 4.78 is 1.94. The molecule has 0 unspecified atom stereocenters. The zero-order valence-electron chi connectivity index (χ0n) is 9.48. The fourth-order valence-corrected chi connectivity index (χ4v) is 2.22. The Bertz CT molecular complexity index is 449. The molecule has 0 aliphatic heterocycles. The average molecular weight is 221 g/mol. The Morgan fingerprint density at radius 3 is 2.53 bits per heavy atom. The van der Waals surface area contributed by atoms with Gasteiger partial charge in [-0.2, -0.15) is 5.10 Å². The molecule has 0 spiro atoms. The highest BCUT2D eigenvalue weighted by molar-refractivity contribution is 7.13. The van der Waals surface area contributed by atoms with Gasteiger partial charge in [-0.15, -0.1) is 11.3 Å². The van der Waals surface area contributed by atoms with Gasteiger partial charge in [-0.3, -0.25) is 4.68 Å². The molecule has 0 amide bonds. The molecule has 4 heteroatoms. The molecule has 0 bridgehead atoms. The molecule has 3 nitrogen and oxygen atoms in total. The second kappa shape index (κ2) is 3.45. The number of aromatic nitrogens is 3. The van der Waals surface area contributed by atoms with Crippen LogP contribution in [0.1, 0.15) is 26.5 Å². The van der Waals surface area contributed by atoms with E-state index in [1.54, 1.807) is 11.3 Å². The van der Waals surface area contributed by atoms with E-state index in [-0.39, 0.29) is 5.41 Å². The Hall–Kier alpha value is -1.16. The Labute approximate surface area is 93.8 Å². The van der Waals surface area contributed by atoms with Crippen LogP contribution >= 0.6 is 11.3 Å². The van der Waals surface area contributed by atoms with E-state index < -0.39 is 0 Å². The van der Waals surface area contributed by atoms with E-state index >= 15 is 0 Å². The van der Waals surface area contributed by atoms with Gasteiger partial charge in [0.25, 0.3) is 0 Å². The van der Waals surface area contributed by atoms with Crippen LogP contribution in [-0.2, 0) is 12.5 Å². The van der Waals surface area contributed by atoms with Gasteiger partial charge in [0.1, 0.15) is 10.7 Å². The van der Waals surface area contributed by atoms with Gasteiger partial charge >= 0.3 is 0 Å². The summed E-state index contributed by atoms with van der Waals surface area (Å²) in [5.41, 5.74) is 2.32. The van der Waals surface area contributed by atoms with Gasteiger partial charge in [0.05, 0.1) is 0 Å². The van der Waals surface area contributed by atoms with Crippen LogP contribution in [0.15, 0.2) is 17.6 Å². The smallest absolute Gasteiger partial charge is 0.143 e. The molecule has 0 aliphatic carbocycles. The molecular weight excluding hydrogens is 206 g/mol. The highest BCUT2D eigenvalue weighted by Crippen LogP contribution is 2.27. The Balaban J connectivity index is 2.47. The van der Waals surface area contributed by atoms with E-state index in [4.69, 9.17) is 0 Å². The standard InChI is InChI=1S/C11H15N3S/c1-11(2,3)9-7-8(13-14(9)4)10-12-5-6-15-10/h5-7H,1-4H3. The van der Waals surface area contributed by atoms with E-state index in [1.165, 1.54) is 5.69 Å². The lowest BCUT2D eigenvalue weighted by Gasteiger charge is -2.17. The molecule has 0 aromatic carbocycles. The predicted octanol–water partition coefficient (Wildman–Crippen LogP) is 2.84. The Kier molecular flexibility index (Phi) is 2.38. The summed E-state index contributed by atoms with van der Waals surface area (Å²) in [6, 6.07) is 2.12. The van der Waals surface area contributed by atoms with Gasteiger partial charge in [0.2, 0.25) is 0 Å². The maximum absolute atomic E-state index is 4.48. The lowest BCUT2D eigenvalue weighted by atomic mass is 9.92. The van der Waals surface area contributed by atoms with Crippen molar-refractivity contribution >= 4 is 11.3 Å². The first-order chi connectivity index (χ1) is 6.98. The van der Waals surface area contributed by atoms with E-state index in [0.29, 0.717) is 0 Å². The molecule has 2 aromatic heterocycles. The Morgan fingerprint density at radius 2 is 2.07 bits per heavy atom. The summed E-state index contributed by atoms with van der Waals surface area (Å²) in [6.07, 6.45) is 1.81. The van der Waals surface area contributed by atoms with Gasteiger partial charge in [-0.05, 0) is 6.07 Å². The van der Waals surface area contributed by atoms with Crippen molar-refractivity contribution in [3.63, 3.8) is 0 Å². The summed E-state index contributed by atoms with van der Waals surface area (Å²) in [5.74, 6) is 0. The molecule has 0 saturated carbocycles. The van der Waals surface area contributed by atoms with Crippen LogP contribution in [0.2, 0.25) is 0 Å². The van der Waals surface area contributed by atoms with Gasteiger partial charge < -0.3 is 0 Å². The first-order valence-corrected chi connectivity index (χ1v) is 5.81. The first kappa shape index (κ1) is 10.4. The van der Waals surface area contributed by atoms with Gasteiger partial charge in [-0.25, -0.2) is 4.98 Å². The molecule has 0 saturated heterocycles. The molecule has 0 N–H and O–H groups in total. The van der Waals surface area contributed by atoms with Crippen molar-refractivity contribution < 1.29 is 0 Å². The maximum atomic E-state index is 4.48. The lowest BCUT2D eigenvalue weighted by molar-refractivity contribution is 0.523. The summed E-state index contributed by atoms with van der Waals surface area (Å²) in [4.78, 5) is 4.27. The molecule has 0 aliphatic rings. The number of nitrogens with zero attached hydrogens (tertiary/aromatic N) is 3. The van der Waals surface area contributed by atoms with Crippen LogP contribution in [0.25, 0.3) is 10.7 Å². The molecule has 2 rings (SSSR count). The van der Waals surface area contributed by atoms with E-state index in [0.717, 1.165) is 10.7 Å². The van der Waals surface area contributed by atoms with Crippen molar-refractivity contribution in [3.05, 3.63) is 23.3 Å². The summed E-state index contributed by atoms with van der Waals surface area (Å²) in [6.45, 7) is 6.57. The van der Waals surface area contributed by atoms with Crippen LogP contribution in [-0.4, -0.2) is 14.8 Å². The monoisotopic (exact) mass is 221 g/mol. The quantitative estimate of drug-likeness (QED) is 0.741. The minimum absolute atomic E-state index is 0.122. The topological polar surface area (TPSA) is 30.7 Å². The fraction of sp³-hybridized carbons (Fsp3) is 0.455. The lowest BCUT2D eigenvalue weighted by Crippen LogP contribution is -2.16. The number of thiazole rings is 1. The third-order valence-electron chi connectivity index (χ3n) is 2.30. The van der Waals surface area contributed by atoms with Crippen molar-refractivity contribution in [2.24, 2.45) is 7.05 Å². The van der Waals surface area contributed by atoms with Gasteiger partial charge in [0.15, 0.2) is 0 Å². The van der Waals surface area contributed by atoms with Crippen molar-refractivity contribution in [3.8, 4) is 10.7 Å². The van der Waals surface area contributed by atoms with Crippen molar-refractivity contribution in [1.82, 2.24) is 14.8 Å². The molecule has 15 heavy (non-hydrogen) atoms. The maximum Gasteiger partial charge on any atom is 0.143 e. The summed E-state index contributed by atoms with van der Waals surface area (Å²) >= 11 is 1.62. The van der Waals surface area contributed by atoms with E-state index in [2.05, 4.69) is 36.9 Å². The van der Waals surface area contributed by atoms with Crippen LogP contribution in [0.4, 0.5) is 0 Å². The third-order valence-corrected chi connectivity index (χ3v) is 3.10. The molecule has 80 valence electrons. The molecule has 2 aromatic rings. The second-order valence-electron chi connectivity index (χ2n) is 4.63. The zero-order valence-corrected chi connectivity index (χ0v) is 10.3. The zero-order chi connectivity index (χ0) is 11.1. The molecule has 0 atom stereocenters. The van der Waals surface area contributed by atoms with Crippen LogP contribution in [0, 0.1) is 0 Å². The van der Waals surface area contributed by atoms with Crippen molar-refractivity contribution in [2.75, 3.05) is 0 Å². The molecule has 2 heterocycles. The van der Waals surface area contributed by atoms with Crippen molar-refractivity contribution in [2.45, 2.75) is 26.2 Å². The summed E-state index contributed by atoms with van der Waals surface area (Å²) in [5, 5.41) is 7.44. The highest BCUT2D eigenvalue weighted by Gasteiger charge is 2.20. The van der Waals surface area contributed by atoms with E-state index in [1.807, 2.05) is 23.3 Å². The van der Waals surface area contributed by atoms with Crippen LogP contribution < -0.4 is 0 Å². The number of rotatable bonds is 1. The fourth-order valence-electron chi connectivity index (χ4n) is 1.62. The van der Waals surface area contributed by atoms with Crippen LogP contribution in [0.3, 0.4) is 0 Å². The normalized spacial score (nSPS) is 12.0. The predicted molar refractivity (Wildman–Crippen MR) is 63.0 cm³/mol. The Morgan fingerprint density at radius 1 is 1.33 bits per heavy atom. The van der Waals surface area contributed by atoms with E-state index in [9.17, 15) is 0 Å². The SMILES string of the molecule is Cn1nc(-c2nccs2)cc1C(C)(C)C. The van der Waals surface area contributed by atoms with Gasteiger partial charge in [0, 0.05) is 29.7 Å². The van der Waals surface area contributed by atoms with Crippen molar-refractivity contribution in [1.29, 1.82) is 0 Å². The number of hydrogen-bond acceptors (Lipinski definition) is 3. The van der Waals surface area contributed by atoms with Gasteiger partial charge in [-0.1, -0.05) is 20.8 Å².